The number of benzene rings is 1. The standard InChI is InChI=1S/C13H16FNO5/c1-2-6-19-13-10(16)7-11(13)20-12-8(14)4-3-5-9(12)15(17)18/h3-5,10-11,13,16H,2,6-7H2,1H3. The molecule has 0 radical (unpaired) electrons. The van der Waals surface area contributed by atoms with E-state index in [9.17, 15) is 19.6 Å². The van der Waals surface area contributed by atoms with Gasteiger partial charge < -0.3 is 14.6 Å². The minimum absolute atomic E-state index is 0.264. The maximum Gasteiger partial charge on any atom is 0.314 e. The molecule has 0 heterocycles. The minimum Gasteiger partial charge on any atom is -0.478 e. The molecule has 0 bridgehead atoms. The molecule has 1 aromatic carbocycles. The lowest BCUT2D eigenvalue weighted by Crippen LogP contribution is -2.55. The van der Waals surface area contributed by atoms with Crippen molar-refractivity contribution in [3.63, 3.8) is 0 Å². The molecule has 3 atom stereocenters. The van der Waals surface area contributed by atoms with Gasteiger partial charge in [0.2, 0.25) is 5.75 Å². The van der Waals surface area contributed by atoms with Crippen LogP contribution in [0.1, 0.15) is 19.8 Å². The molecule has 20 heavy (non-hydrogen) atoms. The Kier molecular flexibility index (Phi) is 4.51. The molecular formula is C13H16FNO5. The predicted octanol–water partition coefficient (Wildman–Crippen LogP) is 2.04. The molecule has 0 spiro atoms. The van der Waals surface area contributed by atoms with Gasteiger partial charge in [0.1, 0.15) is 12.2 Å². The van der Waals surface area contributed by atoms with Crippen molar-refractivity contribution < 1.29 is 23.9 Å². The summed E-state index contributed by atoms with van der Waals surface area (Å²) in [5.74, 6) is -1.20. The number of rotatable bonds is 6. The molecule has 0 saturated heterocycles. The van der Waals surface area contributed by atoms with E-state index < -0.39 is 40.5 Å². The van der Waals surface area contributed by atoms with Crippen molar-refractivity contribution in [1.29, 1.82) is 0 Å². The quantitative estimate of drug-likeness (QED) is 0.639. The number of aliphatic hydroxyl groups excluding tert-OH is 1. The van der Waals surface area contributed by atoms with Crippen molar-refractivity contribution in [3.05, 3.63) is 34.1 Å². The Morgan fingerprint density at radius 3 is 2.90 bits per heavy atom. The highest BCUT2D eigenvalue weighted by molar-refractivity contribution is 5.47. The molecule has 3 unspecified atom stereocenters. The molecule has 110 valence electrons. The first-order valence-electron chi connectivity index (χ1n) is 6.43. The van der Waals surface area contributed by atoms with Crippen LogP contribution >= 0.6 is 0 Å². The number of hydrogen-bond acceptors (Lipinski definition) is 5. The summed E-state index contributed by atoms with van der Waals surface area (Å²) in [6.45, 7) is 2.36. The van der Waals surface area contributed by atoms with Crippen molar-refractivity contribution in [2.24, 2.45) is 0 Å². The van der Waals surface area contributed by atoms with Gasteiger partial charge in [0.05, 0.1) is 11.0 Å². The lowest BCUT2D eigenvalue weighted by atomic mass is 9.88. The number of para-hydroxylation sites is 1. The predicted molar refractivity (Wildman–Crippen MR) is 68.1 cm³/mol. The highest BCUT2D eigenvalue weighted by Gasteiger charge is 2.44. The van der Waals surface area contributed by atoms with Crippen LogP contribution in [-0.2, 0) is 4.74 Å². The fraction of sp³-hybridized carbons (Fsp3) is 0.538. The van der Waals surface area contributed by atoms with Crippen LogP contribution in [0.5, 0.6) is 5.75 Å². The van der Waals surface area contributed by atoms with Gasteiger partial charge in [-0.25, -0.2) is 4.39 Å². The summed E-state index contributed by atoms with van der Waals surface area (Å²) in [6, 6.07) is 3.52. The van der Waals surface area contributed by atoms with Gasteiger partial charge in [0.15, 0.2) is 5.82 Å². The third-order valence-corrected chi connectivity index (χ3v) is 3.15. The third-order valence-electron chi connectivity index (χ3n) is 3.15. The molecule has 1 saturated carbocycles. The number of ether oxygens (including phenoxy) is 2. The number of halogens is 1. The maximum atomic E-state index is 13.7. The lowest BCUT2D eigenvalue weighted by Gasteiger charge is -2.40. The second-order valence-corrected chi connectivity index (χ2v) is 4.64. The third kappa shape index (κ3) is 2.88. The van der Waals surface area contributed by atoms with Gasteiger partial charge in [0, 0.05) is 19.1 Å². The second-order valence-electron chi connectivity index (χ2n) is 4.64. The van der Waals surface area contributed by atoms with Crippen LogP contribution in [0.2, 0.25) is 0 Å². The van der Waals surface area contributed by atoms with Crippen LogP contribution in [0.4, 0.5) is 10.1 Å². The monoisotopic (exact) mass is 285 g/mol. The molecule has 1 aromatic rings. The van der Waals surface area contributed by atoms with Crippen molar-refractivity contribution >= 4 is 5.69 Å². The van der Waals surface area contributed by atoms with E-state index >= 15 is 0 Å². The molecule has 1 N–H and O–H groups in total. The van der Waals surface area contributed by atoms with Crippen molar-refractivity contribution in [2.75, 3.05) is 6.61 Å². The zero-order chi connectivity index (χ0) is 14.7. The summed E-state index contributed by atoms with van der Waals surface area (Å²) >= 11 is 0. The fourth-order valence-electron chi connectivity index (χ4n) is 2.05. The highest BCUT2D eigenvalue weighted by Crippen LogP contribution is 2.35. The van der Waals surface area contributed by atoms with E-state index in [1.54, 1.807) is 0 Å². The van der Waals surface area contributed by atoms with Crippen molar-refractivity contribution in [2.45, 2.75) is 38.1 Å². The fourth-order valence-corrected chi connectivity index (χ4v) is 2.05. The normalized spacial score (nSPS) is 25.1. The Morgan fingerprint density at radius 2 is 2.30 bits per heavy atom. The number of nitro groups is 1. The SMILES string of the molecule is CCCOC1C(O)CC1Oc1c(F)cccc1[N+](=O)[O-]. The number of hydrogen-bond donors (Lipinski definition) is 1. The number of nitrogens with zero attached hydrogens (tertiary/aromatic N) is 1. The molecule has 0 aliphatic heterocycles. The molecular weight excluding hydrogens is 269 g/mol. The van der Waals surface area contributed by atoms with E-state index in [-0.39, 0.29) is 6.42 Å². The van der Waals surface area contributed by atoms with Gasteiger partial charge in [0.25, 0.3) is 0 Å². The van der Waals surface area contributed by atoms with E-state index in [0.29, 0.717) is 6.61 Å². The lowest BCUT2D eigenvalue weighted by molar-refractivity contribution is -0.386. The largest absolute Gasteiger partial charge is 0.478 e. The van der Waals surface area contributed by atoms with Gasteiger partial charge >= 0.3 is 5.69 Å². The first-order valence-corrected chi connectivity index (χ1v) is 6.43. The second kappa shape index (κ2) is 6.15. The van der Waals surface area contributed by atoms with Gasteiger partial charge in [-0.15, -0.1) is 0 Å². The zero-order valence-corrected chi connectivity index (χ0v) is 11.0. The summed E-state index contributed by atoms with van der Waals surface area (Å²) < 4.78 is 24.4. The average Bonchev–Trinajstić information content (AvgIpc) is 2.40. The van der Waals surface area contributed by atoms with E-state index in [4.69, 9.17) is 9.47 Å². The highest BCUT2D eigenvalue weighted by atomic mass is 19.1. The van der Waals surface area contributed by atoms with Gasteiger partial charge in [-0.1, -0.05) is 13.0 Å². The summed E-state index contributed by atoms with van der Waals surface area (Å²) in [5, 5.41) is 20.5. The summed E-state index contributed by atoms with van der Waals surface area (Å²) in [4.78, 5) is 10.2. The van der Waals surface area contributed by atoms with Gasteiger partial charge in [-0.3, -0.25) is 10.1 Å². The van der Waals surface area contributed by atoms with Gasteiger partial charge in [-0.2, -0.15) is 0 Å². The molecule has 7 heteroatoms. The average molecular weight is 285 g/mol. The molecule has 2 rings (SSSR count). The van der Waals surface area contributed by atoms with E-state index in [1.165, 1.54) is 12.1 Å². The Bertz CT molecular complexity index is 496. The van der Waals surface area contributed by atoms with Gasteiger partial charge in [-0.05, 0) is 12.5 Å². The topological polar surface area (TPSA) is 81.8 Å². The van der Waals surface area contributed by atoms with Crippen LogP contribution in [0.3, 0.4) is 0 Å². The van der Waals surface area contributed by atoms with Crippen LogP contribution in [0, 0.1) is 15.9 Å². The number of nitro benzene ring substituents is 1. The molecule has 1 fully saturated rings. The summed E-state index contributed by atoms with van der Waals surface area (Å²) in [5.41, 5.74) is -0.430. The van der Waals surface area contributed by atoms with E-state index in [1.807, 2.05) is 6.92 Å². The molecule has 0 aromatic heterocycles. The van der Waals surface area contributed by atoms with Crippen molar-refractivity contribution in [3.8, 4) is 5.75 Å². The molecule has 6 nitrogen and oxygen atoms in total. The zero-order valence-electron chi connectivity index (χ0n) is 11.0. The number of aliphatic hydroxyl groups is 1. The van der Waals surface area contributed by atoms with Crippen LogP contribution in [0.15, 0.2) is 18.2 Å². The van der Waals surface area contributed by atoms with Crippen LogP contribution in [-0.4, -0.2) is 34.9 Å². The van der Waals surface area contributed by atoms with E-state index in [0.717, 1.165) is 12.5 Å². The Morgan fingerprint density at radius 1 is 1.55 bits per heavy atom. The first-order chi connectivity index (χ1) is 9.54. The Labute approximate surface area is 115 Å². The van der Waals surface area contributed by atoms with Crippen LogP contribution < -0.4 is 4.74 Å². The molecule has 1 aliphatic rings. The molecule has 1 aliphatic carbocycles. The van der Waals surface area contributed by atoms with Crippen LogP contribution in [0.25, 0.3) is 0 Å². The summed E-state index contributed by atoms with van der Waals surface area (Å²) in [7, 11) is 0. The molecule has 0 amide bonds. The van der Waals surface area contributed by atoms with E-state index in [2.05, 4.69) is 0 Å². The van der Waals surface area contributed by atoms with Crippen molar-refractivity contribution in [1.82, 2.24) is 0 Å². The summed E-state index contributed by atoms with van der Waals surface area (Å²) in [6.07, 6.45) is -0.797. The Hall–Kier alpha value is -1.73. The smallest absolute Gasteiger partial charge is 0.314 e. The first kappa shape index (κ1) is 14.7. The Balaban J connectivity index is 2.12. The minimum atomic E-state index is -0.796. The maximum absolute atomic E-state index is 13.7.